The van der Waals surface area contributed by atoms with Gasteiger partial charge in [-0.15, -0.1) is 0 Å². The molecule has 1 aliphatic heterocycles. The van der Waals surface area contributed by atoms with Crippen LogP contribution in [0.3, 0.4) is 0 Å². The molecule has 1 saturated carbocycles. The average Bonchev–Trinajstić information content (AvgIpc) is 3.86. The van der Waals surface area contributed by atoms with Gasteiger partial charge in [0.15, 0.2) is 0 Å². The summed E-state index contributed by atoms with van der Waals surface area (Å²) < 4.78 is 50.7. The molecule has 0 aromatic heterocycles. The number of anilines is 1. The molecule has 0 N–H and O–H groups in total. The first-order valence-electron chi connectivity index (χ1n) is 14.9. The molecular formula is C34H37Cl2FN2O4S. The lowest BCUT2D eigenvalue weighted by molar-refractivity contribution is -0.183. The van der Waals surface area contributed by atoms with Gasteiger partial charge in [-0.3, -0.25) is 9.10 Å². The monoisotopic (exact) mass is 658 g/mol. The highest BCUT2D eigenvalue weighted by Gasteiger charge is 2.49. The van der Waals surface area contributed by atoms with Gasteiger partial charge >= 0.3 is 0 Å². The molecule has 0 unspecified atom stereocenters. The van der Waals surface area contributed by atoms with Crippen molar-refractivity contribution in [1.82, 2.24) is 4.90 Å². The largest absolute Gasteiger partial charge is 0.357 e. The summed E-state index contributed by atoms with van der Waals surface area (Å²) in [5.74, 6) is -1.18. The number of carbonyl (C=O) groups excluding carboxylic acids is 1. The average molecular weight is 660 g/mol. The minimum Gasteiger partial charge on any atom is -0.357 e. The van der Waals surface area contributed by atoms with E-state index < -0.39 is 45.4 Å². The van der Waals surface area contributed by atoms with Gasteiger partial charge in [-0.2, -0.15) is 0 Å². The van der Waals surface area contributed by atoms with Crippen LogP contribution in [-0.2, 0) is 19.6 Å². The van der Waals surface area contributed by atoms with E-state index >= 15 is 4.39 Å². The van der Waals surface area contributed by atoms with Crippen LogP contribution < -0.4 is 4.31 Å². The Bertz CT molecular complexity index is 1610. The quantitative estimate of drug-likeness (QED) is 0.195. The zero-order valence-corrected chi connectivity index (χ0v) is 27.3. The Balaban J connectivity index is 1.67. The number of halogens is 3. The van der Waals surface area contributed by atoms with Gasteiger partial charge in [0, 0.05) is 16.0 Å². The van der Waals surface area contributed by atoms with Crippen LogP contribution in [-0.4, -0.2) is 43.2 Å². The van der Waals surface area contributed by atoms with Gasteiger partial charge in [0.1, 0.15) is 18.0 Å². The van der Waals surface area contributed by atoms with Crippen LogP contribution in [0.25, 0.3) is 0 Å². The van der Waals surface area contributed by atoms with E-state index in [1.165, 1.54) is 22.5 Å². The van der Waals surface area contributed by atoms with Crippen molar-refractivity contribution in [2.45, 2.75) is 69.6 Å². The summed E-state index contributed by atoms with van der Waals surface area (Å²) in [5, 5.41) is 0.486. The lowest BCUT2D eigenvalue weighted by atomic mass is 9.88. The van der Waals surface area contributed by atoms with Crippen molar-refractivity contribution in [3.05, 3.63) is 112 Å². The summed E-state index contributed by atoms with van der Waals surface area (Å²) in [6.45, 7) is 5.60. The molecular weight excluding hydrogens is 622 g/mol. The minimum absolute atomic E-state index is 0.0215. The fourth-order valence-corrected chi connectivity index (χ4v) is 8.18. The van der Waals surface area contributed by atoms with Gasteiger partial charge in [-0.25, -0.2) is 12.8 Å². The topological polar surface area (TPSA) is 66.9 Å². The predicted octanol–water partition coefficient (Wildman–Crippen LogP) is 8.13. The maximum absolute atomic E-state index is 15.2. The number of hydrogen-bond donors (Lipinski definition) is 0. The molecule has 1 heterocycles. The summed E-state index contributed by atoms with van der Waals surface area (Å²) in [6, 6.07) is 19.2. The van der Waals surface area contributed by atoms with E-state index in [-0.39, 0.29) is 24.1 Å². The highest BCUT2D eigenvalue weighted by molar-refractivity contribution is 7.93. The summed E-state index contributed by atoms with van der Waals surface area (Å²) in [5.41, 5.74) is 1.52. The molecule has 3 aromatic rings. The molecule has 2 fully saturated rings. The molecule has 44 heavy (non-hydrogen) atoms. The number of morpholine rings is 1. The fraction of sp³-hybridized carbons (Fsp3) is 0.382. The van der Waals surface area contributed by atoms with Crippen molar-refractivity contribution in [1.29, 1.82) is 0 Å². The second-order valence-electron chi connectivity index (χ2n) is 11.4. The van der Waals surface area contributed by atoms with E-state index in [2.05, 4.69) is 0 Å². The summed E-state index contributed by atoms with van der Waals surface area (Å²) in [6.07, 6.45) is 3.76. The summed E-state index contributed by atoms with van der Waals surface area (Å²) >= 11 is 12.7. The third kappa shape index (κ3) is 6.69. The number of carbonyl (C=O) groups is 1. The van der Waals surface area contributed by atoms with Crippen molar-refractivity contribution in [3.63, 3.8) is 0 Å². The molecule has 1 aliphatic carbocycles. The van der Waals surface area contributed by atoms with Gasteiger partial charge in [0.25, 0.3) is 5.91 Å². The maximum atomic E-state index is 15.2. The molecule has 3 aromatic carbocycles. The minimum atomic E-state index is -3.88. The third-order valence-electron chi connectivity index (χ3n) is 8.35. The highest BCUT2D eigenvalue weighted by Crippen LogP contribution is 2.46. The second-order valence-corrected chi connectivity index (χ2v) is 14.5. The van der Waals surface area contributed by atoms with Crippen LogP contribution in [0.1, 0.15) is 63.3 Å². The van der Waals surface area contributed by atoms with Crippen molar-refractivity contribution < 1.29 is 22.3 Å². The number of para-hydroxylation sites is 1. The Morgan fingerprint density at radius 1 is 1.02 bits per heavy atom. The first kappa shape index (κ1) is 32.5. The number of hydrogen-bond acceptors (Lipinski definition) is 4. The number of ether oxygens (including phenoxy) is 1. The smallest absolute Gasteiger partial charge is 0.253 e. The first-order valence-corrected chi connectivity index (χ1v) is 17.2. The zero-order chi connectivity index (χ0) is 31.6. The summed E-state index contributed by atoms with van der Waals surface area (Å²) in [4.78, 5) is 16.4. The number of sulfonamides is 1. The Kier molecular flexibility index (Phi) is 10.0. The lowest BCUT2D eigenvalue weighted by Gasteiger charge is -2.49. The Labute approximate surface area is 269 Å². The van der Waals surface area contributed by atoms with Gasteiger partial charge in [0.2, 0.25) is 10.0 Å². The van der Waals surface area contributed by atoms with Gasteiger partial charge in [0.05, 0.1) is 29.6 Å². The van der Waals surface area contributed by atoms with E-state index in [4.69, 9.17) is 27.9 Å². The summed E-state index contributed by atoms with van der Waals surface area (Å²) in [7, 11) is -3.88. The van der Waals surface area contributed by atoms with Crippen LogP contribution >= 0.6 is 23.2 Å². The first-order chi connectivity index (χ1) is 21.1. The van der Waals surface area contributed by atoms with E-state index in [0.29, 0.717) is 29.3 Å². The molecule has 1 amide bonds. The van der Waals surface area contributed by atoms with Crippen LogP contribution in [0.15, 0.2) is 84.9 Å². The molecule has 234 valence electrons. The molecule has 6 nitrogen and oxygen atoms in total. The molecule has 10 heteroatoms. The predicted molar refractivity (Wildman–Crippen MR) is 174 cm³/mol. The van der Waals surface area contributed by atoms with E-state index in [9.17, 15) is 13.2 Å². The Hall–Kier alpha value is -2.91. The van der Waals surface area contributed by atoms with Crippen LogP contribution in [0.4, 0.5) is 10.1 Å². The molecule has 5 atom stereocenters. The molecule has 0 spiro atoms. The van der Waals surface area contributed by atoms with Crippen molar-refractivity contribution >= 4 is 44.8 Å². The van der Waals surface area contributed by atoms with E-state index in [1.807, 2.05) is 63.3 Å². The fourth-order valence-electron chi connectivity index (χ4n) is 5.96. The molecule has 0 radical (unpaired) electrons. The van der Waals surface area contributed by atoms with Crippen molar-refractivity contribution in [2.75, 3.05) is 10.8 Å². The maximum Gasteiger partial charge on any atom is 0.253 e. The normalized spacial score (nSPS) is 22.3. The SMILES string of the molecule is CC=C[C@H](C)[C@@H]1O[C@H](c2cccc(Cl)c2)[C@@H](c2ccc(Cl)cc2)N([C@@H](CC)CN(c2ccccc2F)S(=O)(=O)C2CC2)C1=O. The van der Waals surface area contributed by atoms with Crippen LogP contribution in [0, 0.1) is 11.7 Å². The zero-order valence-electron chi connectivity index (χ0n) is 24.9. The van der Waals surface area contributed by atoms with Gasteiger partial charge in [-0.1, -0.05) is 85.6 Å². The van der Waals surface area contributed by atoms with Crippen LogP contribution in [0.2, 0.25) is 10.0 Å². The number of benzene rings is 3. The van der Waals surface area contributed by atoms with Gasteiger partial charge in [-0.05, 0) is 73.7 Å². The molecule has 2 aliphatic rings. The number of allylic oxidation sites excluding steroid dienone is 1. The Morgan fingerprint density at radius 3 is 2.34 bits per heavy atom. The third-order valence-corrected chi connectivity index (χ3v) is 11.1. The molecule has 0 bridgehead atoms. The standard InChI is InChI=1S/C34H37Cl2FN2O4S/c1-4-9-22(3)32-34(40)39(27(5-2)21-38(44(41,42)28-18-19-28)30-13-7-6-12-29(30)37)31(23-14-16-25(35)17-15-23)33(43-32)24-10-8-11-26(36)20-24/h4,6-17,20,22,27-28,31-33H,5,18-19,21H2,1-3H3/t22-,27-,31+,32-,33+/m0/s1. The van der Waals surface area contributed by atoms with E-state index in [0.717, 1.165) is 11.1 Å². The highest BCUT2D eigenvalue weighted by atomic mass is 35.5. The molecule has 1 saturated heterocycles. The number of rotatable bonds is 11. The van der Waals surface area contributed by atoms with Crippen LogP contribution in [0.5, 0.6) is 0 Å². The van der Waals surface area contributed by atoms with E-state index in [1.54, 1.807) is 29.2 Å². The molecule has 5 rings (SSSR count). The second kappa shape index (κ2) is 13.6. The number of nitrogens with zero attached hydrogens (tertiary/aromatic N) is 2. The van der Waals surface area contributed by atoms with Gasteiger partial charge < -0.3 is 9.64 Å². The number of amides is 1. The van der Waals surface area contributed by atoms with Crippen molar-refractivity contribution in [3.8, 4) is 0 Å². The Morgan fingerprint density at radius 2 is 1.73 bits per heavy atom. The lowest BCUT2D eigenvalue weighted by Crippen LogP contribution is -2.59. The van der Waals surface area contributed by atoms with Crippen molar-refractivity contribution in [2.24, 2.45) is 5.92 Å².